The molecule has 0 spiro atoms. The summed E-state index contributed by atoms with van der Waals surface area (Å²) in [5, 5.41) is 1.88. The summed E-state index contributed by atoms with van der Waals surface area (Å²) in [5.74, 6) is 1.07. The molecule has 1 aromatic carbocycles. The molecule has 3 nitrogen and oxygen atoms in total. The maximum atomic E-state index is 6.20. The zero-order valence-electron chi connectivity index (χ0n) is 14.2. The van der Waals surface area contributed by atoms with Gasteiger partial charge in [0, 0.05) is 29.9 Å². The lowest BCUT2D eigenvalue weighted by molar-refractivity contribution is 0.938. The average molecular weight is 370 g/mol. The number of thiazole rings is 1. The predicted molar refractivity (Wildman–Crippen MR) is 107 cm³/mol. The first-order chi connectivity index (χ1) is 12.2. The second-order valence-corrected chi connectivity index (χ2v) is 7.77. The fourth-order valence-corrected chi connectivity index (χ4v) is 4.43. The lowest BCUT2D eigenvalue weighted by atomic mass is 10.1. The van der Waals surface area contributed by atoms with Crippen LogP contribution in [0.5, 0.6) is 0 Å². The molecule has 4 rings (SSSR count). The smallest absolute Gasteiger partial charge is 0.129 e. The van der Waals surface area contributed by atoms with E-state index >= 15 is 0 Å². The molecule has 0 unspecified atom stereocenters. The number of aryl methyl sites for hydroxylation is 1. The Bertz CT molecular complexity index is 884. The molecule has 1 aliphatic heterocycles. The molecule has 3 aromatic rings. The lowest BCUT2D eigenvalue weighted by Gasteiger charge is -2.16. The van der Waals surface area contributed by atoms with E-state index in [4.69, 9.17) is 16.6 Å². The Morgan fingerprint density at radius 2 is 1.96 bits per heavy atom. The van der Waals surface area contributed by atoms with E-state index in [0.29, 0.717) is 0 Å². The third kappa shape index (κ3) is 3.42. The predicted octanol–water partition coefficient (Wildman–Crippen LogP) is 5.69. The number of anilines is 1. The van der Waals surface area contributed by atoms with Crippen molar-refractivity contribution >= 4 is 28.8 Å². The first-order valence-electron chi connectivity index (χ1n) is 8.71. The van der Waals surface area contributed by atoms with E-state index in [1.165, 1.54) is 23.3 Å². The van der Waals surface area contributed by atoms with Crippen molar-refractivity contribution < 1.29 is 0 Å². The first-order valence-corrected chi connectivity index (χ1v) is 9.91. The van der Waals surface area contributed by atoms with Gasteiger partial charge in [0.05, 0.1) is 15.6 Å². The van der Waals surface area contributed by atoms with Crippen LogP contribution in [0.3, 0.4) is 0 Å². The normalized spacial score (nSPS) is 14.2. The van der Waals surface area contributed by atoms with E-state index < -0.39 is 0 Å². The van der Waals surface area contributed by atoms with Gasteiger partial charge in [-0.15, -0.1) is 11.3 Å². The Kier molecular flexibility index (Phi) is 4.73. The first kappa shape index (κ1) is 16.6. The van der Waals surface area contributed by atoms with Crippen molar-refractivity contribution in [1.29, 1.82) is 0 Å². The molecule has 1 fully saturated rings. The Labute approximate surface area is 157 Å². The van der Waals surface area contributed by atoms with Gasteiger partial charge in [-0.25, -0.2) is 9.97 Å². The van der Waals surface area contributed by atoms with Crippen LogP contribution in [-0.4, -0.2) is 23.1 Å². The lowest BCUT2D eigenvalue weighted by Crippen LogP contribution is -2.18. The molecule has 0 atom stereocenters. The minimum atomic E-state index is 0.738. The average Bonchev–Trinajstić information content (AvgIpc) is 3.32. The van der Waals surface area contributed by atoms with Crippen molar-refractivity contribution in [3.8, 4) is 21.7 Å². The van der Waals surface area contributed by atoms with E-state index in [0.717, 1.165) is 46.6 Å². The molecule has 0 N–H and O–H groups in total. The van der Waals surface area contributed by atoms with Gasteiger partial charge in [-0.3, -0.25) is 0 Å². The Hall–Kier alpha value is -1.91. The van der Waals surface area contributed by atoms with E-state index in [1.54, 1.807) is 11.3 Å². The zero-order chi connectivity index (χ0) is 17.2. The van der Waals surface area contributed by atoms with Crippen LogP contribution in [0.15, 0.2) is 42.6 Å². The fourth-order valence-electron chi connectivity index (χ4n) is 3.22. The number of hydrogen-bond acceptors (Lipinski definition) is 4. The number of benzene rings is 1. The van der Waals surface area contributed by atoms with Crippen LogP contribution in [-0.2, 0) is 6.42 Å². The van der Waals surface area contributed by atoms with Crippen molar-refractivity contribution in [3.05, 3.63) is 52.6 Å². The summed E-state index contributed by atoms with van der Waals surface area (Å²) in [6.45, 7) is 4.34. The number of nitrogens with zero attached hydrogens (tertiary/aromatic N) is 3. The van der Waals surface area contributed by atoms with Gasteiger partial charge in [-0.1, -0.05) is 30.7 Å². The number of pyridine rings is 1. The van der Waals surface area contributed by atoms with E-state index in [9.17, 15) is 0 Å². The molecule has 0 bridgehead atoms. The fraction of sp³-hybridized carbons (Fsp3) is 0.300. The topological polar surface area (TPSA) is 29.0 Å². The molecule has 0 aliphatic carbocycles. The molecule has 1 aliphatic rings. The summed E-state index contributed by atoms with van der Waals surface area (Å²) in [4.78, 5) is 13.0. The summed E-state index contributed by atoms with van der Waals surface area (Å²) in [6, 6.07) is 12.2. The van der Waals surface area contributed by atoms with Gasteiger partial charge < -0.3 is 4.90 Å². The van der Waals surface area contributed by atoms with Crippen molar-refractivity contribution in [2.75, 3.05) is 18.0 Å². The van der Waals surface area contributed by atoms with Gasteiger partial charge in [-0.2, -0.15) is 0 Å². The van der Waals surface area contributed by atoms with Crippen LogP contribution >= 0.6 is 22.9 Å². The van der Waals surface area contributed by atoms with Crippen LogP contribution in [0.2, 0.25) is 5.02 Å². The van der Waals surface area contributed by atoms with Crippen LogP contribution in [0.1, 0.15) is 24.8 Å². The van der Waals surface area contributed by atoms with Gasteiger partial charge in [0.2, 0.25) is 0 Å². The number of aromatic nitrogens is 2. The minimum Gasteiger partial charge on any atom is -0.357 e. The number of rotatable bonds is 4. The molecule has 0 saturated carbocycles. The van der Waals surface area contributed by atoms with Crippen molar-refractivity contribution in [1.82, 2.24) is 9.97 Å². The summed E-state index contributed by atoms with van der Waals surface area (Å²) >= 11 is 7.97. The molecule has 0 radical (unpaired) electrons. The van der Waals surface area contributed by atoms with Crippen LogP contribution in [0.25, 0.3) is 21.7 Å². The molecule has 128 valence electrons. The molecule has 2 aromatic heterocycles. The highest BCUT2D eigenvalue weighted by molar-refractivity contribution is 7.15. The van der Waals surface area contributed by atoms with E-state index in [2.05, 4.69) is 35.0 Å². The SMILES string of the molecule is CCc1nc(-c2cccc(Cl)c2)c(-c2ccnc(N3CCCC3)c2)s1. The maximum absolute atomic E-state index is 6.20. The summed E-state index contributed by atoms with van der Waals surface area (Å²) < 4.78 is 0. The Balaban J connectivity index is 1.80. The summed E-state index contributed by atoms with van der Waals surface area (Å²) in [7, 11) is 0. The third-order valence-corrected chi connectivity index (χ3v) is 5.99. The van der Waals surface area contributed by atoms with Gasteiger partial charge >= 0.3 is 0 Å². The monoisotopic (exact) mass is 369 g/mol. The van der Waals surface area contributed by atoms with Gasteiger partial charge in [0.15, 0.2) is 0 Å². The van der Waals surface area contributed by atoms with Crippen molar-refractivity contribution in [3.63, 3.8) is 0 Å². The molecular formula is C20H20ClN3S. The Morgan fingerprint density at radius 3 is 2.72 bits per heavy atom. The molecular weight excluding hydrogens is 350 g/mol. The molecule has 25 heavy (non-hydrogen) atoms. The van der Waals surface area contributed by atoms with Gasteiger partial charge in [0.1, 0.15) is 5.82 Å². The highest BCUT2D eigenvalue weighted by atomic mass is 35.5. The highest BCUT2D eigenvalue weighted by Crippen LogP contribution is 2.38. The quantitative estimate of drug-likeness (QED) is 0.591. The minimum absolute atomic E-state index is 0.738. The maximum Gasteiger partial charge on any atom is 0.129 e. The summed E-state index contributed by atoms with van der Waals surface area (Å²) in [5.41, 5.74) is 3.27. The van der Waals surface area contributed by atoms with Gasteiger partial charge in [0.25, 0.3) is 0 Å². The van der Waals surface area contributed by atoms with E-state index in [1.807, 2.05) is 24.4 Å². The second kappa shape index (κ2) is 7.14. The second-order valence-electron chi connectivity index (χ2n) is 6.25. The summed E-state index contributed by atoms with van der Waals surface area (Å²) in [6.07, 6.45) is 5.35. The number of hydrogen-bond donors (Lipinski definition) is 0. The standard InChI is InChI=1S/C20H20ClN3S/c1-2-18-23-19(14-6-5-7-16(21)12-14)20(25-18)15-8-9-22-17(13-15)24-10-3-4-11-24/h5-9,12-13H,2-4,10-11H2,1H3. The third-order valence-electron chi connectivity index (χ3n) is 4.51. The van der Waals surface area contributed by atoms with Crippen LogP contribution < -0.4 is 4.90 Å². The van der Waals surface area contributed by atoms with Crippen LogP contribution in [0.4, 0.5) is 5.82 Å². The van der Waals surface area contributed by atoms with E-state index in [-0.39, 0.29) is 0 Å². The largest absolute Gasteiger partial charge is 0.357 e. The van der Waals surface area contributed by atoms with Crippen LogP contribution in [0, 0.1) is 0 Å². The molecule has 5 heteroatoms. The van der Waals surface area contributed by atoms with Crippen molar-refractivity contribution in [2.24, 2.45) is 0 Å². The zero-order valence-corrected chi connectivity index (χ0v) is 15.8. The van der Waals surface area contributed by atoms with Crippen molar-refractivity contribution in [2.45, 2.75) is 26.2 Å². The molecule has 0 amide bonds. The highest BCUT2D eigenvalue weighted by Gasteiger charge is 2.18. The Morgan fingerprint density at radius 1 is 1.12 bits per heavy atom. The molecule has 1 saturated heterocycles. The van der Waals surface area contributed by atoms with Gasteiger partial charge in [-0.05, 0) is 49.1 Å². The number of halogens is 1. The molecule has 3 heterocycles.